The molecule has 3 N–H and O–H groups in total. The number of aromatic nitrogens is 2. The third-order valence-corrected chi connectivity index (χ3v) is 3.30. The van der Waals surface area contributed by atoms with Crippen molar-refractivity contribution in [2.24, 2.45) is 0 Å². The Morgan fingerprint density at radius 3 is 2.70 bits per heavy atom. The second-order valence-corrected chi connectivity index (χ2v) is 4.98. The lowest BCUT2D eigenvalue weighted by Gasteiger charge is -2.21. The van der Waals surface area contributed by atoms with Gasteiger partial charge < -0.3 is 10.4 Å². The van der Waals surface area contributed by atoms with Crippen LogP contribution >= 0.6 is 0 Å². The van der Waals surface area contributed by atoms with Gasteiger partial charge in [0.25, 0.3) is 11.5 Å². The van der Waals surface area contributed by atoms with Gasteiger partial charge in [-0.15, -0.1) is 0 Å². The SMILES string of the molecule is CCC(C)(O)CNC(=O)c1n[nH]c(=O)c2ccccc12. The van der Waals surface area contributed by atoms with Crippen molar-refractivity contribution in [1.29, 1.82) is 0 Å². The molecular weight excluding hydrogens is 258 g/mol. The minimum atomic E-state index is -0.965. The molecule has 1 heterocycles. The quantitative estimate of drug-likeness (QED) is 0.769. The van der Waals surface area contributed by atoms with Crippen molar-refractivity contribution in [3.05, 3.63) is 40.3 Å². The summed E-state index contributed by atoms with van der Waals surface area (Å²) in [5.41, 5.74) is -1.15. The number of fused-ring (bicyclic) bond motifs is 1. The van der Waals surface area contributed by atoms with Crippen molar-refractivity contribution in [3.8, 4) is 0 Å². The molecule has 0 saturated carbocycles. The number of nitrogens with zero attached hydrogens (tertiary/aromatic N) is 1. The number of aromatic amines is 1. The Morgan fingerprint density at radius 1 is 1.40 bits per heavy atom. The number of amides is 1. The minimum Gasteiger partial charge on any atom is -0.388 e. The molecule has 6 heteroatoms. The lowest BCUT2D eigenvalue weighted by atomic mass is 10.0. The van der Waals surface area contributed by atoms with E-state index in [1.54, 1.807) is 31.2 Å². The summed E-state index contributed by atoms with van der Waals surface area (Å²) in [7, 11) is 0. The molecule has 0 spiro atoms. The molecule has 1 aromatic heterocycles. The van der Waals surface area contributed by atoms with Crippen molar-refractivity contribution in [2.75, 3.05) is 6.54 Å². The van der Waals surface area contributed by atoms with Crippen LogP contribution < -0.4 is 10.9 Å². The van der Waals surface area contributed by atoms with Crippen LogP contribution in [-0.4, -0.2) is 33.4 Å². The highest BCUT2D eigenvalue weighted by molar-refractivity contribution is 6.04. The largest absolute Gasteiger partial charge is 0.388 e. The van der Waals surface area contributed by atoms with E-state index in [0.717, 1.165) is 0 Å². The van der Waals surface area contributed by atoms with Crippen LogP contribution in [0.4, 0.5) is 0 Å². The summed E-state index contributed by atoms with van der Waals surface area (Å²) in [6.45, 7) is 3.60. The minimum absolute atomic E-state index is 0.122. The van der Waals surface area contributed by atoms with E-state index < -0.39 is 11.5 Å². The molecule has 0 fully saturated rings. The summed E-state index contributed by atoms with van der Waals surface area (Å²) in [6, 6.07) is 6.77. The zero-order chi connectivity index (χ0) is 14.8. The molecule has 0 saturated heterocycles. The Bertz CT molecular complexity index is 691. The summed E-state index contributed by atoms with van der Waals surface area (Å²) in [6.07, 6.45) is 0.521. The van der Waals surface area contributed by atoms with Gasteiger partial charge in [0.2, 0.25) is 0 Å². The average Bonchev–Trinajstić information content (AvgIpc) is 2.46. The molecule has 0 radical (unpaired) electrons. The van der Waals surface area contributed by atoms with Crippen molar-refractivity contribution >= 4 is 16.7 Å². The first-order chi connectivity index (χ1) is 9.44. The van der Waals surface area contributed by atoms with Gasteiger partial charge in [-0.1, -0.05) is 25.1 Å². The molecule has 1 amide bonds. The molecule has 106 valence electrons. The third kappa shape index (κ3) is 2.85. The van der Waals surface area contributed by atoms with E-state index in [1.807, 2.05) is 6.92 Å². The maximum Gasteiger partial charge on any atom is 0.272 e. The third-order valence-electron chi connectivity index (χ3n) is 3.30. The molecule has 0 bridgehead atoms. The van der Waals surface area contributed by atoms with E-state index in [0.29, 0.717) is 17.2 Å². The molecule has 0 aliphatic rings. The van der Waals surface area contributed by atoms with E-state index in [2.05, 4.69) is 15.5 Å². The molecular formula is C14H17N3O3. The summed E-state index contributed by atoms with van der Waals surface area (Å²) in [5, 5.41) is 19.5. The van der Waals surface area contributed by atoms with Crippen molar-refractivity contribution in [3.63, 3.8) is 0 Å². The highest BCUT2D eigenvalue weighted by atomic mass is 16.3. The molecule has 2 rings (SSSR count). The van der Waals surface area contributed by atoms with Gasteiger partial charge in [-0.25, -0.2) is 5.10 Å². The lowest BCUT2D eigenvalue weighted by Crippen LogP contribution is -2.40. The van der Waals surface area contributed by atoms with Crippen LogP contribution in [-0.2, 0) is 0 Å². The van der Waals surface area contributed by atoms with Crippen LogP contribution in [0.5, 0.6) is 0 Å². The number of H-pyrrole nitrogens is 1. The van der Waals surface area contributed by atoms with Gasteiger partial charge in [0.05, 0.1) is 11.0 Å². The molecule has 0 aliphatic heterocycles. The van der Waals surface area contributed by atoms with E-state index in [9.17, 15) is 14.7 Å². The number of aliphatic hydroxyl groups is 1. The molecule has 1 atom stereocenters. The van der Waals surface area contributed by atoms with E-state index in [-0.39, 0.29) is 17.8 Å². The fourth-order valence-corrected chi connectivity index (χ4v) is 1.77. The summed E-state index contributed by atoms with van der Waals surface area (Å²) in [5.74, 6) is -0.425. The predicted octanol–water partition coefficient (Wildman–Crippen LogP) is 0.814. The highest BCUT2D eigenvalue weighted by Crippen LogP contribution is 2.13. The molecule has 6 nitrogen and oxygen atoms in total. The van der Waals surface area contributed by atoms with Crippen molar-refractivity contribution < 1.29 is 9.90 Å². The van der Waals surface area contributed by atoms with Gasteiger partial charge in [0.15, 0.2) is 5.69 Å². The lowest BCUT2D eigenvalue weighted by molar-refractivity contribution is 0.0517. The van der Waals surface area contributed by atoms with Gasteiger partial charge in [0.1, 0.15) is 0 Å². The fourth-order valence-electron chi connectivity index (χ4n) is 1.77. The Labute approximate surface area is 115 Å². The zero-order valence-corrected chi connectivity index (χ0v) is 11.4. The highest BCUT2D eigenvalue weighted by Gasteiger charge is 2.20. The molecule has 1 unspecified atom stereocenters. The molecule has 20 heavy (non-hydrogen) atoms. The Balaban J connectivity index is 2.32. The van der Waals surface area contributed by atoms with E-state index in [1.165, 1.54) is 0 Å². The van der Waals surface area contributed by atoms with Crippen molar-refractivity contribution in [1.82, 2.24) is 15.5 Å². The second kappa shape index (κ2) is 5.42. The molecule has 0 aliphatic carbocycles. The van der Waals surface area contributed by atoms with Gasteiger partial charge >= 0.3 is 0 Å². The maximum atomic E-state index is 12.1. The van der Waals surface area contributed by atoms with Crippen LogP contribution in [0.3, 0.4) is 0 Å². The number of carbonyl (C=O) groups excluding carboxylic acids is 1. The topological polar surface area (TPSA) is 95.1 Å². The van der Waals surface area contributed by atoms with E-state index >= 15 is 0 Å². The summed E-state index contributed by atoms with van der Waals surface area (Å²) >= 11 is 0. The maximum absolute atomic E-state index is 12.1. The Hall–Kier alpha value is -2.21. The summed E-state index contributed by atoms with van der Waals surface area (Å²) < 4.78 is 0. The van der Waals surface area contributed by atoms with Gasteiger partial charge in [-0.3, -0.25) is 9.59 Å². The second-order valence-electron chi connectivity index (χ2n) is 4.98. The number of nitrogens with one attached hydrogen (secondary N) is 2. The normalized spacial score (nSPS) is 13.9. The van der Waals surface area contributed by atoms with Gasteiger partial charge in [-0.2, -0.15) is 5.10 Å². The number of benzene rings is 1. The van der Waals surface area contributed by atoms with Crippen LogP contribution in [0.25, 0.3) is 10.8 Å². The van der Waals surface area contributed by atoms with Crippen molar-refractivity contribution in [2.45, 2.75) is 25.9 Å². The Kier molecular flexibility index (Phi) is 3.85. The van der Waals surface area contributed by atoms with Crippen LogP contribution in [0, 0.1) is 0 Å². The Morgan fingerprint density at radius 2 is 2.05 bits per heavy atom. The number of hydrogen-bond donors (Lipinski definition) is 3. The van der Waals surface area contributed by atoms with Crippen LogP contribution in [0.15, 0.2) is 29.1 Å². The standard InChI is InChI=1S/C14H17N3O3/c1-3-14(2,20)8-15-13(19)11-9-6-4-5-7-10(9)12(18)17-16-11/h4-7,20H,3,8H2,1-2H3,(H,15,19)(H,17,18). The van der Waals surface area contributed by atoms with Gasteiger partial charge in [0, 0.05) is 11.9 Å². The van der Waals surface area contributed by atoms with E-state index in [4.69, 9.17) is 0 Å². The first-order valence-electron chi connectivity index (χ1n) is 6.42. The monoisotopic (exact) mass is 275 g/mol. The fraction of sp³-hybridized carbons (Fsp3) is 0.357. The zero-order valence-electron chi connectivity index (χ0n) is 11.4. The van der Waals surface area contributed by atoms with Crippen LogP contribution in [0.1, 0.15) is 30.8 Å². The number of hydrogen-bond acceptors (Lipinski definition) is 4. The number of rotatable bonds is 4. The summed E-state index contributed by atoms with van der Waals surface area (Å²) in [4.78, 5) is 23.8. The first-order valence-corrected chi connectivity index (χ1v) is 6.42. The molecule has 1 aromatic carbocycles. The first kappa shape index (κ1) is 14.2. The van der Waals surface area contributed by atoms with Gasteiger partial charge in [-0.05, 0) is 19.4 Å². The smallest absolute Gasteiger partial charge is 0.272 e. The molecule has 2 aromatic rings. The number of carbonyl (C=O) groups is 1. The predicted molar refractivity (Wildman–Crippen MR) is 75.6 cm³/mol. The average molecular weight is 275 g/mol. The van der Waals surface area contributed by atoms with Crippen LogP contribution in [0.2, 0.25) is 0 Å².